The molecule has 1 atom stereocenters. The van der Waals surface area contributed by atoms with E-state index in [0.717, 1.165) is 12.5 Å². The topological polar surface area (TPSA) is 29.3 Å². The summed E-state index contributed by atoms with van der Waals surface area (Å²) in [5, 5.41) is 0. The first kappa shape index (κ1) is 13.0. The van der Waals surface area contributed by atoms with Crippen molar-refractivity contribution in [2.24, 2.45) is 11.7 Å². The molecule has 0 aromatic heterocycles. The van der Waals surface area contributed by atoms with Gasteiger partial charge in [0.05, 0.1) is 0 Å². The third kappa shape index (κ3) is 4.12. The minimum Gasteiger partial charge on any atom is -0.329 e. The molecule has 2 heteroatoms. The predicted molar refractivity (Wildman–Crippen MR) is 67.0 cm³/mol. The van der Waals surface area contributed by atoms with Crippen molar-refractivity contribution in [1.29, 1.82) is 0 Å². The third-order valence-corrected chi connectivity index (χ3v) is 3.83. The van der Waals surface area contributed by atoms with Crippen molar-refractivity contribution in [3.63, 3.8) is 0 Å². The van der Waals surface area contributed by atoms with Crippen LogP contribution in [0.15, 0.2) is 0 Å². The van der Waals surface area contributed by atoms with E-state index in [0.29, 0.717) is 6.04 Å². The van der Waals surface area contributed by atoms with Crippen molar-refractivity contribution in [3.8, 4) is 0 Å². The van der Waals surface area contributed by atoms with Crippen molar-refractivity contribution in [1.82, 2.24) is 4.90 Å². The molecule has 15 heavy (non-hydrogen) atoms. The number of likely N-dealkylation sites (N-methyl/N-ethyl adjacent to an activating group) is 1. The molecule has 0 saturated heterocycles. The van der Waals surface area contributed by atoms with E-state index in [1.54, 1.807) is 0 Å². The number of nitrogens with zero attached hydrogens (tertiary/aromatic N) is 1. The summed E-state index contributed by atoms with van der Waals surface area (Å²) in [4.78, 5) is 2.48. The van der Waals surface area contributed by atoms with Gasteiger partial charge in [0.2, 0.25) is 0 Å². The first-order valence-electron chi connectivity index (χ1n) is 6.70. The van der Waals surface area contributed by atoms with E-state index in [-0.39, 0.29) is 0 Å². The lowest BCUT2D eigenvalue weighted by Crippen LogP contribution is -2.43. The first-order chi connectivity index (χ1) is 7.29. The van der Waals surface area contributed by atoms with Gasteiger partial charge in [-0.25, -0.2) is 0 Å². The summed E-state index contributed by atoms with van der Waals surface area (Å²) in [6, 6.07) is 0.628. The molecule has 1 rings (SSSR count). The van der Waals surface area contributed by atoms with E-state index in [2.05, 4.69) is 18.9 Å². The summed E-state index contributed by atoms with van der Waals surface area (Å²) in [6.45, 7) is 4.27. The Morgan fingerprint density at radius 2 is 1.80 bits per heavy atom. The summed E-state index contributed by atoms with van der Waals surface area (Å²) < 4.78 is 0. The van der Waals surface area contributed by atoms with Gasteiger partial charge in [-0.05, 0) is 38.8 Å². The van der Waals surface area contributed by atoms with E-state index in [1.165, 1.54) is 51.5 Å². The minimum absolute atomic E-state index is 0.628. The molecule has 1 unspecified atom stereocenters. The van der Waals surface area contributed by atoms with E-state index in [1.807, 2.05) is 0 Å². The highest BCUT2D eigenvalue weighted by atomic mass is 15.1. The van der Waals surface area contributed by atoms with Crippen molar-refractivity contribution >= 4 is 0 Å². The summed E-state index contributed by atoms with van der Waals surface area (Å²) in [5.74, 6) is 0.856. The number of rotatable bonds is 5. The molecule has 0 radical (unpaired) electrons. The summed E-state index contributed by atoms with van der Waals surface area (Å²) in [7, 11) is 2.24. The Morgan fingerprint density at radius 1 is 1.20 bits per heavy atom. The maximum atomic E-state index is 5.94. The molecule has 1 aliphatic carbocycles. The lowest BCUT2D eigenvalue weighted by atomic mass is 9.91. The van der Waals surface area contributed by atoms with Gasteiger partial charge in [-0.15, -0.1) is 0 Å². The molecule has 0 aromatic rings. The SMILES string of the molecule is CCCN(C)C(CN)C1CCCCCC1. The second-order valence-corrected chi connectivity index (χ2v) is 5.04. The lowest BCUT2D eigenvalue weighted by molar-refractivity contribution is 0.167. The quantitative estimate of drug-likeness (QED) is 0.710. The summed E-state index contributed by atoms with van der Waals surface area (Å²) >= 11 is 0. The van der Waals surface area contributed by atoms with Gasteiger partial charge in [0.15, 0.2) is 0 Å². The predicted octanol–water partition coefficient (Wildman–Crippen LogP) is 2.63. The largest absolute Gasteiger partial charge is 0.329 e. The van der Waals surface area contributed by atoms with Crippen LogP contribution in [0.4, 0.5) is 0 Å². The lowest BCUT2D eigenvalue weighted by Gasteiger charge is -2.33. The molecule has 90 valence electrons. The fraction of sp³-hybridized carbons (Fsp3) is 1.00. The van der Waals surface area contributed by atoms with Crippen LogP contribution in [0.3, 0.4) is 0 Å². The smallest absolute Gasteiger partial charge is 0.0243 e. The normalized spacial score (nSPS) is 21.6. The molecule has 2 nitrogen and oxygen atoms in total. The standard InChI is InChI=1S/C13H28N2/c1-3-10-15(2)13(11-14)12-8-6-4-5-7-9-12/h12-13H,3-11,14H2,1-2H3. The molecule has 0 bridgehead atoms. The fourth-order valence-electron chi connectivity index (χ4n) is 2.95. The van der Waals surface area contributed by atoms with Gasteiger partial charge in [-0.1, -0.05) is 32.6 Å². The molecule has 0 aromatic carbocycles. The zero-order valence-corrected chi connectivity index (χ0v) is 10.5. The molecule has 1 saturated carbocycles. The van der Waals surface area contributed by atoms with Crippen LogP contribution in [0.2, 0.25) is 0 Å². The van der Waals surface area contributed by atoms with Crippen LogP contribution in [0.25, 0.3) is 0 Å². The Hall–Kier alpha value is -0.0800. The van der Waals surface area contributed by atoms with Gasteiger partial charge in [0.25, 0.3) is 0 Å². The van der Waals surface area contributed by atoms with Gasteiger partial charge >= 0.3 is 0 Å². The highest BCUT2D eigenvalue weighted by Gasteiger charge is 2.24. The minimum atomic E-state index is 0.628. The van der Waals surface area contributed by atoms with Crippen molar-refractivity contribution in [2.45, 2.75) is 57.9 Å². The van der Waals surface area contributed by atoms with Crippen LogP contribution in [0.1, 0.15) is 51.9 Å². The van der Waals surface area contributed by atoms with Crippen LogP contribution in [0.5, 0.6) is 0 Å². The number of hydrogen-bond donors (Lipinski definition) is 1. The Bertz CT molecular complexity index is 151. The van der Waals surface area contributed by atoms with E-state index < -0.39 is 0 Å². The Balaban J connectivity index is 2.47. The third-order valence-electron chi connectivity index (χ3n) is 3.83. The molecule has 0 amide bonds. The van der Waals surface area contributed by atoms with Crippen LogP contribution < -0.4 is 5.73 Å². The van der Waals surface area contributed by atoms with E-state index in [9.17, 15) is 0 Å². The molecule has 0 spiro atoms. The molecule has 1 fully saturated rings. The number of nitrogens with two attached hydrogens (primary N) is 1. The van der Waals surface area contributed by atoms with Gasteiger partial charge in [-0.2, -0.15) is 0 Å². The second-order valence-electron chi connectivity index (χ2n) is 5.04. The van der Waals surface area contributed by atoms with E-state index in [4.69, 9.17) is 5.73 Å². The summed E-state index contributed by atoms with van der Waals surface area (Å²) in [5.41, 5.74) is 5.94. The van der Waals surface area contributed by atoms with Crippen LogP contribution in [0, 0.1) is 5.92 Å². The number of hydrogen-bond acceptors (Lipinski definition) is 2. The van der Waals surface area contributed by atoms with Crippen LogP contribution in [-0.2, 0) is 0 Å². The zero-order valence-electron chi connectivity index (χ0n) is 10.5. The highest BCUT2D eigenvalue weighted by Crippen LogP contribution is 2.27. The van der Waals surface area contributed by atoms with Gasteiger partial charge in [0.1, 0.15) is 0 Å². The van der Waals surface area contributed by atoms with Gasteiger partial charge in [-0.3, -0.25) is 0 Å². The van der Waals surface area contributed by atoms with Gasteiger partial charge in [0, 0.05) is 12.6 Å². The highest BCUT2D eigenvalue weighted by molar-refractivity contribution is 4.80. The molecule has 0 heterocycles. The first-order valence-corrected chi connectivity index (χ1v) is 6.70. The average Bonchev–Trinajstić information content (AvgIpc) is 2.48. The fourth-order valence-corrected chi connectivity index (χ4v) is 2.95. The van der Waals surface area contributed by atoms with Crippen LogP contribution in [-0.4, -0.2) is 31.1 Å². The second kappa shape index (κ2) is 7.24. The van der Waals surface area contributed by atoms with Crippen molar-refractivity contribution in [2.75, 3.05) is 20.1 Å². The Kier molecular flexibility index (Phi) is 6.26. The molecule has 1 aliphatic rings. The van der Waals surface area contributed by atoms with Crippen molar-refractivity contribution in [3.05, 3.63) is 0 Å². The monoisotopic (exact) mass is 212 g/mol. The Labute approximate surface area is 95.2 Å². The zero-order chi connectivity index (χ0) is 11.1. The average molecular weight is 212 g/mol. The molecule has 2 N–H and O–H groups in total. The molecular formula is C13H28N2. The Morgan fingerprint density at radius 3 is 2.27 bits per heavy atom. The van der Waals surface area contributed by atoms with E-state index >= 15 is 0 Å². The van der Waals surface area contributed by atoms with Gasteiger partial charge < -0.3 is 10.6 Å². The van der Waals surface area contributed by atoms with Crippen LogP contribution >= 0.6 is 0 Å². The maximum Gasteiger partial charge on any atom is 0.0243 e. The molecule has 0 aliphatic heterocycles. The molecular weight excluding hydrogens is 184 g/mol. The van der Waals surface area contributed by atoms with Crippen molar-refractivity contribution < 1.29 is 0 Å². The maximum absolute atomic E-state index is 5.94. The summed E-state index contributed by atoms with van der Waals surface area (Å²) in [6.07, 6.45) is 9.74.